The summed E-state index contributed by atoms with van der Waals surface area (Å²) in [5.41, 5.74) is 7.71. The molecule has 1 aliphatic rings. The van der Waals surface area contributed by atoms with Gasteiger partial charge in [0.1, 0.15) is 23.8 Å². The van der Waals surface area contributed by atoms with Crippen molar-refractivity contribution in [2.75, 3.05) is 18.1 Å². The number of hydrogen-bond acceptors (Lipinski definition) is 10. The molecule has 3 heterocycles. The number of fused-ring (bicyclic) bond motifs is 1. The van der Waals surface area contributed by atoms with Crippen molar-refractivity contribution in [3.63, 3.8) is 0 Å². The zero-order valence-electron chi connectivity index (χ0n) is 16.1. The molecule has 166 valence electrons. The summed E-state index contributed by atoms with van der Waals surface area (Å²) >= 11 is -0.631. The number of benzene rings is 1. The number of aromatic nitrogens is 4. The Bertz CT molecular complexity index is 1090. The summed E-state index contributed by atoms with van der Waals surface area (Å²) < 4.78 is 27.1. The number of imidazole rings is 1. The van der Waals surface area contributed by atoms with Gasteiger partial charge in [0, 0.05) is 5.75 Å². The average Bonchev–Trinajstić information content (AvgIpc) is 3.30. The van der Waals surface area contributed by atoms with Gasteiger partial charge >= 0.3 is 0 Å². The number of ether oxygens (including phenoxy) is 1. The molecule has 0 bridgehead atoms. The average molecular weight is 468 g/mol. The number of aliphatic hydroxyl groups is 3. The third-order valence-corrected chi connectivity index (χ3v) is 6.49. The number of anilines is 1. The van der Waals surface area contributed by atoms with Gasteiger partial charge in [-0.25, -0.2) is 19.2 Å². The lowest BCUT2D eigenvalue weighted by atomic mass is 10.1. The molecule has 0 spiro atoms. The van der Waals surface area contributed by atoms with Crippen LogP contribution in [0.5, 0.6) is 0 Å². The van der Waals surface area contributed by atoms with E-state index in [0.717, 1.165) is 5.56 Å². The zero-order chi connectivity index (χ0) is 22.1. The fourth-order valence-electron chi connectivity index (χ4n) is 3.31. The second kappa shape index (κ2) is 9.16. The minimum Gasteiger partial charge on any atom is -0.394 e. The molecule has 4 rings (SSSR count). The van der Waals surface area contributed by atoms with Gasteiger partial charge in [-0.3, -0.25) is 4.57 Å². The molecule has 5 atom stereocenters. The molecule has 0 radical (unpaired) electrons. The first-order valence-electron chi connectivity index (χ1n) is 9.34. The molecule has 0 amide bonds. The molecule has 1 saturated heterocycles. The highest BCUT2D eigenvalue weighted by molar-refractivity contribution is 7.99. The van der Waals surface area contributed by atoms with Crippen LogP contribution in [0, 0.1) is 0 Å². The quantitative estimate of drug-likeness (QED) is 0.179. The van der Waals surface area contributed by atoms with E-state index >= 15 is 0 Å². The normalized spacial score (nSPS) is 24.6. The van der Waals surface area contributed by atoms with E-state index in [4.69, 9.17) is 15.0 Å². The molecular formula is C18H21N5O6S2. The number of nitrogen functional groups attached to an aromatic ring is 1. The molecule has 0 aliphatic carbocycles. The van der Waals surface area contributed by atoms with Crippen molar-refractivity contribution < 1.29 is 28.8 Å². The molecule has 0 saturated carbocycles. The van der Waals surface area contributed by atoms with Crippen molar-refractivity contribution in [1.82, 2.24) is 19.5 Å². The van der Waals surface area contributed by atoms with E-state index in [0.29, 0.717) is 33.4 Å². The first-order valence-corrected chi connectivity index (χ1v) is 11.4. The lowest BCUT2D eigenvalue weighted by molar-refractivity contribution is -0.0511. The molecular weight excluding hydrogens is 446 g/mol. The number of thioether (sulfide) groups is 1. The van der Waals surface area contributed by atoms with Gasteiger partial charge in [-0.2, -0.15) is 0 Å². The Morgan fingerprint density at radius 3 is 2.58 bits per heavy atom. The molecule has 1 aliphatic heterocycles. The standard InChI is InChI=1S/C18H21N5O6S2/c19-15-12-16(23(8-20-12)17-14(26)13(25)11(7-24)29-17)22-18(21-15)30-6-5-9-1-3-10(4-2-9)31(27)28/h1-4,8,11,13-14,17,24-26H,5-7H2,(H,27,28)(H2,19,21,22)/t11-,13?,14+,17-/m1/s1. The summed E-state index contributed by atoms with van der Waals surface area (Å²) in [6.07, 6.45) is -2.32. The van der Waals surface area contributed by atoms with Gasteiger partial charge in [0.05, 0.1) is 17.8 Å². The monoisotopic (exact) mass is 467 g/mol. The third kappa shape index (κ3) is 4.43. The van der Waals surface area contributed by atoms with E-state index in [1.807, 2.05) is 0 Å². The lowest BCUT2D eigenvalue weighted by Gasteiger charge is -2.16. The molecule has 2 unspecified atom stereocenters. The maximum atomic E-state index is 11.0. The van der Waals surface area contributed by atoms with Gasteiger partial charge in [-0.15, -0.1) is 0 Å². The fourth-order valence-corrected chi connectivity index (χ4v) is 4.51. The summed E-state index contributed by atoms with van der Waals surface area (Å²) in [5.74, 6) is 0.807. The number of rotatable bonds is 7. The van der Waals surface area contributed by atoms with Gasteiger partial charge < -0.3 is 30.3 Å². The Kier molecular flexibility index (Phi) is 6.52. The molecule has 3 aromatic rings. The summed E-state index contributed by atoms with van der Waals surface area (Å²) in [7, 11) is 0. The van der Waals surface area contributed by atoms with Gasteiger partial charge in [-0.1, -0.05) is 23.9 Å². The highest BCUT2D eigenvalue weighted by atomic mass is 32.2. The smallest absolute Gasteiger partial charge is 0.191 e. The Balaban J connectivity index is 1.50. The van der Waals surface area contributed by atoms with Gasteiger partial charge in [0.2, 0.25) is 0 Å². The Labute approximate surface area is 183 Å². The van der Waals surface area contributed by atoms with Crippen LogP contribution in [0.25, 0.3) is 11.2 Å². The van der Waals surface area contributed by atoms with Crippen LogP contribution in [0.3, 0.4) is 0 Å². The van der Waals surface area contributed by atoms with Gasteiger partial charge in [0.15, 0.2) is 33.9 Å². The second-order valence-electron chi connectivity index (χ2n) is 6.94. The number of hydrogen-bond donors (Lipinski definition) is 5. The van der Waals surface area contributed by atoms with E-state index in [2.05, 4.69) is 15.0 Å². The lowest BCUT2D eigenvalue weighted by Crippen LogP contribution is -2.33. The summed E-state index contributed by atoms with van der Waals surface area (Å²) in [6.45, 7) is -0.436. The van der Waals surface area contributed by atoms with E-state index in [1.165, 1.54) is 22.7 Å². The van der Waals surface area contributed by atoms with Crippen molar-refractivity contribution in [2.24, 2.45) is 0 Å². The SMILES string of the molecule is Nc1nc(SCCc2ccc(S(=O)O)cc2)nc2c1ncn2[C@@H]1O[C@H](CO)C(O)[C@@H]1O. The molecule has 13 heteroatoms. The van der Waals surface area contributed by atoms with E-state index in [9.17, 15) is 19.5 Å². The maximum absolute atomic E-state index is 11.0. The Morgan fingerprint density at radius 2 is 1.94 bits per heavy atom. The van der Waals surface area contributed by atoms with E-state index in [-0.39, 0.29) is 5.82 Å². The fraction of sp³-hybridized carbons (Fsp3) is 0.389. The van der Waals surface area contributed by atoms with Crippen molar-refractivity contribution in [3.8, 4) is 0 Å². The van der Waals surface area contributed by atoms with Crippen molar-refractivity contribution in [3.05, 3.63) is 36.2 Å². The largest absolute Gasteiger partial charge is 0.394 e. The van der Waals surface area contributed by atoms with Crippen molar-refractivity contribution in [2.45, 2.75) is 41.0 Å². The highest BCUT2D eigenvalue weighted by Crippen LogP contribution is 2.32. The van der Waals surface area contributed by atoms with Crippen LogP contribution in [-0.4, -0.2) is 74.3 Å². The number of nitrogens with zero attached hydrogens (tertiary/aromatic N) is 4. The second-order valence-corrected chi connectivity index (χ2v) is 8.97. The predicted molar refractivity (Wildman–Crippen MR) is 113 cm³/mol. The van der Waals surface area contributed by atoms with Crippen LogP contribution in [-0.2, 0) is 22.2 Å². The molecule has 31 heavy (non-hydrogen) atoms. The minimum atomic E-state index is -2.00. The molecule has 11 nitrogen and oxygen atoms in total. The van der Waals surface area contributed by atoms with Crippen molar-refractivity contribution >= 4 is 39.8 Å². The Hall–Kier alpha value is -2.13. The number of aliphatic hydroxyl groups excluding tert-OH is 3. The molecule has 2 aromatic heterocycles. The maximum Gasteiger partial charge on any atom is 0.191 e. The first-order chi connectivity index (χ1) is 14.9. The minimum absolute atomic E-state index is 0.174. The van der Waals surface area contributed by atoms with Gasteiger partial charge in [-0.05, 0) is 24.1 Å². The van der Waals surface area contributed by atoms with Crippen LogP contribution < -0.4 is 5.73 Å². The molecule has 1 fully saturated rings. The number of nitrogens with two attached hydrogens (primary N) is 1. The first kappa shape index (κ1) is 22.1. The topological polar surface area (TPSA) is 177 Å². The molecule has 1 aromatic carbocycles. The van der Waals surface area contributed by atoms with Crippen molar-refractivity contribution in [1.29, 1.82) is 0 Å². The summed E-state index contributed by atoms with van der Waals surface area (Å²) in [6, 6.07) is 6.80. The number of aryl methyl sites for hydroxylation is 1. The third-order valence-electron chi connectivity index (χ3n) is 4.97. The van der Waals surface area contributed by atoms with Crippen LogP contribution >= 0.6 is 11.8 Å². The van der Waals surface area contributed by atoms with Crippen LogP contribution in [0.2, 0.25) is 0 Å². The van der Waals surface area contributed by atoms with Crippen LogP contribution in [0.1, 0.15) is 11.8 Å². The predicted octanol–water partition coefficient (Wildman–Crippen LogP) is -0.0646. The van der Waals surface area contributed by atoms with Gasteiger partial charge in [0.25, 0.3) is 0 Å². The summed E-state index contributed by atoms with van der Waals surface area (Å²) in [5, 5.41) is 30.0. The van der Waals surface area contributed by atoms with E-state index < -0.39 is 42.2 Å². The summed E-state index contributed by atoms with van der Waals surface area (Å²) in [4.78, 5) is 13.3. The zero-order valence-corrected chi connectivity index (χ0v) is 17.7. The van der Waals surface area contributed by atoms with Crippen LogP contribution in [0.4, 0.5) is 5.82 Å². The molecule has 6 N–H and O–H groups in total. The highest BCUT2D eigenvalue weighted by Gasteiger charge is 2.44. The van der Waals surface area contributed by atoms with E-state index in [1.54, 1.807) is 24.3 Å². The Morgan fingerprint density at radius 1 is 1.19 bits per heavy atom. The van der Waals surface area contributed by atoms with Crippen LogP contribution in [0.15, 0.2) is 40.6 Å².